The van der Waals surface area contributed by atoms with E-state index in [4.69, 9.17) is 14.9 Å². The molecular weight excluding hydrogens is 229 g/mol. The molecule has 1 atom stereocenters. The molecule has 0 aliphatic heterocycles. The van der Waals surface area contributed by atoms with Crippen LogP contribution in [0.4, 0.5) is 4.39 Å². The molecule has 0 saturated carbocycles. The summed E-state index contributed by atoms with van der Waals surface area (Å²) in [5.41, 5.74) is 0. The molecule has 0 spiro atoms. The Morgan fingerprint density at radius 1 is 1.47 bits per heavy atom. The van der Waals surface area contributed by atoms with Gasteiger partial charge in [-0.05, 0) is 12.1 Å². The van der Waals surface area contributed by atoms with Crippen LogP contribution in [0.2, 0.25) is 0 Å². The highest BCUT2D eigenvalue weighted by Crippen LogP contribution is 2.14. The van der Waals surface area contributed by atoms with E-state index >= 15 is 0 Å². The molecule has 0 radical (unpaired) electrons. The lowest BCUT2D eigenvalue weighted by molar-refractivity contribution is -0.123. The number of aliphatic hydroxyl groups excluding tert-OH is 2. The number of benzene rings is 1. The first-order valence-electron chi connectivity index (χ1n) is 5.06. The topological polar surface area (TPSA) is 78.8 Å². The van der Waals surface area contributed by atoms with Crippen molar-refractivity contribution in [3.05, 3.63) is 30.1 Å². The molecule has 0 saturated heterocycles. The summed E-state index contributed by atoms with van der Waals surface area (Å²) in [6, 6.07) is 5.74. The molecule has 1 rings (SSSR count). The Balaban J connectivity index is 2.31. The van der Waals surface area contributed by atoms with Gasteiger partial charge in [-0.3, -0.25) is 4.79 Å². The predicted molar refractivity (Wildman–Crippen MR) is 58.0 cm³/mol. The predicted octanol–water partition coefficient (Wildman–Crippen LogP) is -0.326. The van der Waals surface area contributed by atoms with Gasteiger partial charge in [0.05, 0.1) is 12.7 Å². The third-order valence-corrected chi connectivity index (χ3v) is 1.94. The van der Waals surface area contributed by atoms with E-state index in [0.717, 1.165) is 0 Å². The van der Waals surface area contributed by atoms with Gasteiger partial charge in [0.1, 0.15) is 0 Å². The number of hydrogen-bond acceptors (Lipinski definition) is 4. The van der Waals surface area contributed by atoms with Gasteiger partial charge in [-0.1, -0.05) is 12.1 Å². The van der Waals surface area contributed by atoms with Crippen molar-refractivity contribution in [3.8, 4) is 5.75 Å². The molecule has 0 bridgehead atoms. The Kier molecular flexibility index (Phi) is 5.38. The van der Waals surface area contributed by atoms with Crippen molar-refractivity contribution in [2.45, 2.75) is 6.10 Å². The molecule has 1 amide bonds. The van der Waals surface area contributed by atoms with Crippen LogP contribution in [0, 0.1) is 5.82 Å². The third kappa shape index (κ3) is 4.80. The lowest BCUT2D eigenvalue weighted by Crippen LogP contribution is -2.36. The summed E-state index contributed by atoms with van der Waals surface area (Å²) in [6.07, 6.45) is -1.01. The second-order valence-electron chi connectivity index (χ2n) is 3.36. The van der Waals surface area contributed by atoms with Gasteiger partial charge in [-0.2, -0.15) is 0 Å². The average Bonchev–Trinajstić information content (AvgIpc) is 2.35. The Labute approximate surface area is 97.8 Å². The number of nitrogens with one attached hydrogen (secondary N) is 1. The van der Waals surface area contributed by atoms with E-state index in [0.29, 0.717) is 0 Å². The van der Waals surface area contributed by atoms with Crippen LogP contribution in [-0.2, 0) is 4.79 Å². The highest BCUT2D eigenvalue weighted by Gasteiger charge is 2.08. The van der Waals surface area contributed by atoms with Crippen molar-refractivity contribution in [1.82, 2.24) is 5.32 Å². The van der Waals surface area contributed by atoms with Crippen LogP contribution in [0.25, 0.3) is 0 Å². The van der Waals surface area contributed by atoms with Gasteiger partial charge in [0.15, 0.2) is 18.2 Å². The number of halogens is 1. The lowest BCUT2D eigenvalue weighted by Gasteiger charge is -2.10. The number of amides is 1. The number of ether oxygens (including phenoxy) is 1. The molecule has 1 unspecified atom stereocenters. The molecule has 3 N–H and O–H groups in total. The number of carbonyl (C=O) groups is 1. The Bertz CT molecular complexity index is 372. The van der Waals surface area contributed by atoms with E-state index in [1.165, 1.54) is 18.2 Å². The van der Waals surface area contributed by atoms with Gasteiger partial charge >= 0.3 is 0 Å². The molecule has 0 fully saturated rings. The van der Waals surface area contributed by atoms with Gasteiger partial charge in [0.2, 0.25) is 0 Å². The first kappa shape index (κ1) is 13.4. The quantitative estimate of drug-likeness (QED) is 0.639. The molecule has 1 aromatic rings. The van der Waals surface area contributed by atoms with E-state index in [1.54, 1.807) is 6.07 Å². The second-order valence-corrected chi connectivity index (χ2v) is 3.36. The minimum atomic E-state index is -1.01. The van der Waals surface area contributed by atoms with Crippen molar-refractivity contribution < 1.29 is 24.1 Å². The van der Waals surface area contributed by atoms with Gasteiger partial charge in [-0.25, -0.2) is 4.39 Å². The smallest absolute Gasteiger partial charge is 0.258 e. The molecule has 0 aromatic heterocycles. The number of hydrogen-bond donors (Lipinski definition) is 3. The number of rotatable bonds is 6. The van der Waals surface area contributed by atoms with Gasteiger partial charge in [0, 0.05) is 6.54 Å². The fourth-order valence-electron chi connectivity index (χ4n) is 1.05. The van der Waals surface area contributed by atoms with Crippen LogP contribution >= 0.6 is 0 Å². The van der Waals surface area contributed by atoms with Crippen LogP contribution in [0.5, 0.6) is 5.75 Å². The van der Waals surface area contributed by atoms with Crippen LogP contribution < -0.4 is 10.1 Å². The Morgan fingerprint density at radius 3 is 2.82 bits per heavy atom. The minimum Gasteiger partial charge on any atom is -0.481 e. The highest BCUT2D eigenvalue weighted by molar-refractivity contribution is 5.77. The summed E-state index contributed by atoms with van der Waals surface area (Å²) in [7, 11) is 0. The first-order chi connectivity index (χ1) is 8.13. The molecule has 17 heavy (non-hydrogen) atoms. The Morgan fingerprint density at radius 2 is 2.18 bits per heavy atom. The van der Waals surface area contributed by atoms with Crippen molar-refractivity contribution in [2.24, 2.45) is 0 Å². The summed E-state index contributed by atoms with van der Waals surface area (Å²) in [5.74, 6) is -1.05. The summed E-state index contributed by atoms with van der Waals surface area (Å²) in [6.45, 7) is -0.858. The molecule has 0 aliphatic rings. The summed E-state index contributed by atoms with van der Waals surface area (Å²) in [4.78, 5) is 11.2. The average molecular weight is 243 g/mol. The van der Waals surface area contributed by atoms with Crippen LogP contribution in [0.1, 0.15) is 0 Å². The van der Waals surface area contributed by atoms with Crippen molar-refractivity contribution in [1.29, 1.82) is 0 Å². The van der Waals surface area contributed by atoms with Crippen LogP contribution in [0.3, 0.4) is 0 Å². The standard InChI is InChI=1S/C11H14FNO4/c12-9-3-1-2-4-10(9)17-7-11(16)13-5-8(15)6-14/h1-4,8,14-15H,5-7H2,(H,13,16). The monoisotopic (exact) mass is 243 g/mol. The van der Waals surface area contributed by atoms with Crippen molar-refractivity contribution in [3.63, 3.8) is 0 Å². The lowest BCUT2D eigenvalue weighted by atomic mass is 10.3. The van der Waals surface area contributed by atoms with Gasteiger partial charge in [0.25, 0.3) is 5.91 Å². The zero-order chi connectivity index (χ0) is 12.7. The zero-order valence-electron chi connectivity index (χ0n) is 9.10. The second kappa shape index (κ2) is 6.82. The summed E-state index contributed by atoms with van der Waals surface area (Å²) < 4.78 is 18.0. The molecule has 5 nitrogen and oxygen atoms in total. The summed E-state index contributed by atoms with van der Waals surface area (Å²) >= 11 is 0. The van der Waals surface area contributed by atoms with E-state index in [-0.39, 0.29) is 18.9 Å². The highest BCUT2D eigenvalue weighted by atomic mass is 19.1. The van der Waals surface area contributed by atoms with Crippen LogP contribution in [-0.4, -0.2) is 42.0 Å². The minimum absolute atomic E-state index is 0.00893. The van der Waals surface area contributed by atoms with E-state index < -0.39 is 24.4 Å². The molecule has 1 aromatic carbocycles. The zero-order valence-corrected chi connectivity index (χ0v) is 9.10. The molecular formula is C11H14FNO4. The maximum absolute atomic E-state index is 13.1. The maximum atomic E-state index is 13.1. The fraction of sp³-hybridized carbons (Fsp3) is 0.364. The fourth-order valence-corrected chi connectivity index (χ4v) is 1.05. The third-order valence-electron chi connectivity index (χ3n) is 1.94. The van der Waals surface area contributed by atoms with E-state index in [9.17, 15) is 9.18 Å². The first-order valence-corrected chi connectivity index (χ1v) is 5.06. The number of carbonyl (C=O) groups excluding carboxylic acids is 1. The molecule has 0 heterocycles. The SMILES string of the molecule is O=C(COc1ccccc1F)NCC(O)CO. The van der Waals surface area contributed by atoms with E-state index in [1.807, 2.05) is 0 Å². The molecule has 6 heteroatoms. The number of aliphatic hydroxyl groups is 2. The molecule has 0 aliphatic carbocycles. The number of para-hydroxylation sites is 1. The van der Waals surface area contributed by atoms with Crippen molar-refractivity contribution in [2.75, 3.05) is 19.8 Å². The van der Waals surface area contributed by atoms with Gasteiger partial charge < -0.3 is 20.3 Å². The maximum Gasteiger partial charge on any atom is 0.258 e. The van der Waals surface area contributed by atoms with Crippen molar-refractivity contribution >= 4 is 5.91 Å². The summed E-state index contributed by atoms with van der Waals surface area (Å²) in [5, 5.41) is 19.8. The normalized spacial score (nSPS) is 11.9. The van der Waals surface area contributed by atoms with Gasteiger partial charge in [-0.15, -0.1) is 0 Å². The van der Waals surface area contributed by atoms with Crippen LogP contribution in [0.15, 0.2) is 24.3 Å². The Hall–Kier alpha value is -1.66. The molecule has 94 valence electrons. The van der Waals surface area contributed by atoms with E-state index in [2.05, 4.69) is 5.32 Å². The largest absolute Gasteiger partial charge is 0.481 e.